The summed E-state index contributed by atoms with van der Waals surface area (Å²) in [5, 5.41) is 0. The molecular formula is C15H20N2O2. The first-order valence-electron chi connectivity index (χ1n) is 6.69. The van der Waals surface area contributed by atoms with E-state index in [-0.39, 0.29) is 5.91 Å². The smallest absolute Gasteiger partial charge is 0.217 e. The van der Waals surface area contributed by atoms with Gasteiger partial charge < -0.3 is 10.6 Å². The molecule has 1 aromatic rings. The summed E-state index contributed by atoms with van der Waals surface area (Å²) in [6, 6.07) is 5.77. The Morgan fingerprint density at radius 1 is 1.42 bits per heavy atom. The number of rotatable bonds is 4. The zero-order chi connectivity index (χ0) is 13.8. The highest BCUT2D eigenvalue weighted by molar-refractivity contribution is 5.77. The van der Waals surface area contributed by atoms with Crippen LogP contribution in [0.5, 0.6) is 0 Å². The summed E-state index contributed by atoms with van der Waals surface area (Å²) < 4.78 is 0. The Hall–Kier alpha value is -1.84. The lowest BCUT2D eigenvalue weighted by molar-refractivity contribution is -0.119. The first-order chi connectivity index (χ1) is 9.10. The van der Waals surface area contributed by atoms with Gasteiger partial charge in [-0.25, -0.2) is 0 Å². The summed E-state index contributed by atoms with van der Waals surface area (Å²) in [4.78, 5) is 24.0. The van der Waals surface area contributed by atoms with E-state index < -0.39 is 0 Å². The quantitative estimate of drug-likeness (QED) is 0.841. The maximum atomic E-state index is 10.9. The standard InChI is InChI=1S/C15H20N2O2/c1-11-8-13(10-18)2-3-14(11)17-6-4-12(5-7-17)9-15(16)19/h2-3,8,10,12H,4-7,9H2,1H3,(H2,16,19). The minimum atomic E-state index is -0.204. The van der Waals surface area contributed by atoms with Crippen LogP contribution in [0.2, 0.25) is 0 Å². The van der Waals surface area contributed by atoms with E-state index in [1.807, 2.05) is 25.1 Å². The number of benzene rings is 1. The van der Waals surface area contributed by atoms with E-state index in [0.717, 1.165) is 37.8 Å². The average molecular weight is 260 g/mol. The highest BCUT2D eigenvalue weighted by Gasteiger charge is 2.21. The van der Waals surface area contributed by atoms with Crippen LogP contribution < -0.4 is 10.6 Å². The maximum absolute atomic E-state index is 10.9. The zero-order valence-corrected chi connectivity index (χ0v) is 11.3. The third-order valence-corrected chi connectivity index (χ3v) is 3.80. The molecule has 2 N–H and O–H groups in total. The van der Waals surface area contributed by atoms with Gasteiger partial charge in [-0.05, 0) is 49.4 Å². The molecule has 1 aromatic carbocycles. The molecule has 4 heteroatoms. The van der Waals surface area contributed by atoms with Crippen molar-refractivity contribution < 1.29 is 9.59 Å². The van der Waals surface area contributed by atoms with Crippen molar-refractivity contribution in [2.45, 2.75) is 26.2 Å². The molecular weight excluding hydrogens is 240 g/mol. The molecule has 4 nitrogen and oxygen atoms in total. The van der Waals surface area contributed by atoms with Crippen LogP contribution in [0, 0.1) is 12.8 Å². The number of nitrogens with zero attached hydrogens (tertiary/aromatic N) is 1. The Morgan fingerprint density at radius 2 is 2.11 bits per heavy atom. The van der Waals surface area contributed by atoms with Gasteiger partial charge in [-0.15, -0.1) is 0 Å². The number of aryl methyl sites for hydroxylation is 1. The topological polar surface area (TPSA) is 63.4 Å². The molecule has 0 saturated carbocycles. The second-order valence-corrected chi connectivity index (χ2v) is 5.26. The van der Waals surface area contributed by atoms with E-state index in [9.17, 15) is 9.59 Å². The van der Waals surface area contributed by atoms with Gasteiger partial charge in [0.1, 0.15) is 6.29 Å². The van der Waals surface area contributed by atoms with Crippen molar-refractivity contribution in [1.82, 2.24) is 0 Å². The predicted octanol–water partition coefficient (Wildman–Crippen LogP) is 1.90. The third kappa shape index (κ3) is 3.34. The van der Waals surface area contributed by atoms with Gasteiger partial charge in [0.25, 0.3) is 0 Å². The SMILES string of the molecule is Cc1cc(C=O)ccc1N1CCC(CC(N)=O)CC1. The number of hydrogen-bond donors (Lipinski definition) is 1. The molecule has 0 aromatic heterocycles. The number of aldehydes is 1. The lowest BCUT2D eigenvalue weighted by Crippen LogP contribution is -2.35. The molecule has 0 atom stereocenters. The van der Waals surface area contributed by atoms with Crippen molar-refractivity contribution in [2.24, 2.45) is 11.7 Å². The molecule has 1 heterocycles. The van der Waals surface area contributed by atoms with Gasteiger partial charge in [0, 0.05) is 30.8 Å². The number of hydrogen-bond acceptors (Lipinski definition) is 3. The van der Waals surface area contributed by atoms with Gasteiger partial charge in [-0.3, -0.25) is 9.59 Å². The summed E-state index contributed by atoms with van der Waals surface area (Å²) in [5.74, 6) is 0.216. The number of amides is 1. The lowest BCUT2D eigenvalue weighted by Gasteiger charge is -2.34. The van der Waals surface area contributed by atoms with Crippen LogP contribution in [0.4, 0.5) is 5.69 Å². The number of carbonyl (C=O) groups is 2. The molecule has 0 aliphatic carbocycles. The van der Waals surface area contributed by atoms with Crippen LogP contribution >= 0.6 is 0 Å². The van der Waals surface area contributed by atoms with Crippen molar-refractivity contribution >= 4 is 17.9 Å². The summed E-state index contributed by atoms with van der Waals surface area (Å²) in [5.41, 5.74) is 8.26. The Balaban J connectivity index is 2.01. The Morgan fingerprint density at radius 3 is 2.63 bits per heavy atom. The fourth-order valence-electron chi connectivity index (χ4n) is 2.77. The molecule has 0 bridgehead atoms. The molecule has 1 amide bonds. The van der Waals surface area contributed by atoms with E-state index in [4.69, 9.17) is 5.73 Å². The molecule has 0 spiro atoms. The Kier molecular flexibility index (Phi) is 4.20. The molecule has 1 aliphatic heterocycles. The fraction of sp³-hybridized carbons (Fsp3) is 0.467. The minimum Gasteiger partial charge on any atom is -0.371 e. The van der Waals surface area contributed by atoms with Gasteiger partial charge in [0.2, 0.25) is 5.91 Å². The van der Waals surface area contributed by atoms with Gasteiger partial charge in [-0.2, -0.15) is 0 Å². The van der Waals surface area contributed by atoms with Crippen molar-refractivity contribution in [1.29, 1.82) is 0 Å². The average Bonchev–Trinajstić information content (AvgIpc) is 2.39. The van der Waals surface area contributed by atoms with E-state index in [1.165, 1.54) is 5.69 Å². The van der Waals surface area contributed by atoms with Gasteiger partial charge in [0.05, 0.1) is 0 Å². The first-order valence-corrected chi connectivity index (χ1v) is 6.69. The normalized spacial score (nSPS) is 16.4. The molecule has 102 valence electrons. The maximum Gasteiger partial charge on any atom is 0.217 e. The van der Waals surface area contributed by atoms with E-state index in [0.29, 0.717) is 17.9 Å². The summed E-state index contributed by atoms with van der Waals surface area (Å²) >= 11 is 0. The van der Waals surface area contributed by atoms with Gasteiger partial charge in [0.15, 0.2) is 0 Å². The van der Waals surface area contributed by atoms with Gasteiger partial charge in [-0.1, -0.05) is 0 Å². The molecule has 1 saturated heterocycles. The monoisotopic (exact) mass is 260 g/mol. The van der Waals surface area contributed by atoms with Crippen molar-refractivity contribution in [3.8, 4) is 0 Å². The third-order valence-electron chi connectivity index (χ3n) is 3.80. The Bertz CT molecular complexity index is 477. The van der Waals surface area contributed by atoms with E-state index in [1.54, 1.807) is 0 Å². The lowest BCUT2D eigenvalue weighted by atomic mass is 9.92. The summed E-state index contributed by atoms with van der Waals surface area (Å²) in [7, 11) is 0. The van der Waals surface area contributed by atoms with Crippen LogP contribution in [0.1, 0.15) is 35.2 Å². The van der Waals surface area contributed by atoms with Crippen molar-refractivity contribution in [3.05, 3.63) is 29.3 Å². The number of carbonyl (C=O) groups excluding carboxylic acids is 2. The number of nitrogens with two attached hydrogens (primary N) is 1. The molecule has 19 heavy (non-hydrogen) atoms. The minimum absolute atomic E-state index is 0.204. The van der Waals surface area contributed by atoms with E-state index in [2.05, 4.69) is 4.90 Å². The van der Waals surface area contributed by atoms with Gasteiger partial charge >= 0.3 is 0 Å². The Labute approximate surface area is 113 Å². The second-order valence-electron chi connectivity index (χ2n) is 5.26. The van der Waals surface area contributed by atoms with Crippen LogP contribution in [-0.4, -0.2) is 25.3 Å². The molecule has 1 aliphatic rings. The highest BCUT2D eigenvalue weighted by Crippen LogP contribution is 2.27. The highest BCUT2D eigenvalue weighted by atomic mass is 16.1. The first kappa shape index (κ1) is 13.6. The largest absolute Gasteiger partial charge is 0.371 e. The molecule has 0 radical (unpaired) electrons. The zero-order valence-electron chi connectivity index (χ0n) is 11.3. The summed E-state index contributed by atoms with van der Waals surface area (Å²) in [6.07, 6.45) is 3.36. The second kappa shape index (κ2) is 5.87. The van der Waals surface area contributed by atoms with Crippen LogP contribution in [0.25, 0.3) is 0 Å². The van der Waals surface area contributed by atoms with Crippen molar-refractivity contribution in [3.63, 3.8) is 0 Å². The van der Waals surface area contributed by atoms with Crippen LogP contribution in [-0.2, 0) is 4.79 Å². The molecule has 2 rings (SSSR count). The summed E-state index contributed by atoms with van der Waals surface area (Å²) in [6.45, 7) is 3.91. The molecule has 0 unspecified atom stereocenters. The number of piperidine rings is 1. The number of primary amides is 1. The van der Waals surface area contributed by atoms with Crippen LogP contribution in [0.15, 0.2) is 18.2 Å². The molecule has 1 fully saturated rings. The number of anilines is 1. The van der Waals surface area contributed by atoms with E-state index >= 15 is 0 Å². The fourth-order valence-corrected chi connectivity index (χ4v) is 2.77. The van der Waals surface area contributed by atoms with Crippen molar-refractivity contribution in [2.75, 3.05) is 18.0 Å². The van der Waals surface area contributed by atoms with Crippen LogP contribution in [0.3, 0.4) is 0 Å². The predicted molar refractivity (Wildman–Crippen MR) is 75.3 cm³/mol.